The second-order valence-corrected chi connectivity index (χ2v) is 3.80. The van der Waals surface area contributed by atoms with Gasteiger partial charge in [0.05, 0.1) is 5.56 Å². The Labute approximate surface area is 97.5 Å². The monoisotopic (exact) mass is 227 g/mol. The third kappa shape index (κ3) is 1.34. The van der Waals surface area contributed by atoms with Gasteiger partial charge in [0.15, 0.2) is 0 Å². The molecule has 0 unspecified atom stereocenters. The lowest BCUT2D eigenvalue weighted by Gasteiger charge is -2.21. The maximum Gasteiger partial charge on any atom is 0.343 e. The van der Waals surface area contributed by atoms with Gasteiger partial charge in [-0.15, -0.1) is 0 Å². The first kappa shape index (κ1) is 9.99. The van der Waals surface area contributed by atoms with E-state index in [0.717, 1.165) is 0 Å². The van der Waals surface area contributed by atoms with Crippen molar-refractivity contribution in [3.05, 3.63) is 65.5 Å². The summed E-state index contributed by atoms with van der Waals surface area (Å²) in [6, 6.07) is 12.0. The highest BCUT2D eigenvalue weighted by Crippen LogP contribution is 2.37. The zero-order valence-corrected chi connectivity index (χ0v) is 8.83. The third-order valence-corrected chi connectivity index (χ3v) is 2.75. The average molecular weight is 227 g/mol. The van der Waals surface area contributed by atoms with Gasteiger partial charge in [-0.1, -0.05) is 30.3 Å². The molecular weight excluding hydrogens is 218 g/mol. The van der Waals surface area contributed by atoms with Gasteiger partial charge in [0.1, 0.15) is 5.69 Å². The molecule has 17 heavy (non-hydrogen) atoms. The van der Waals surface area contributed by atoms with Crippen molar-refractivity contribution in [3.8, 4) is 0 Å². The topological polar surface area (TPSA) is 59.4 Å². The fourth-order valence-electron chi connectivity index (χ4n) is 1.94. The largest absolute Gasteiger partial charge is 0.419 e. The summed E-state index contributed by atoms with van der Waals surface area (Å²) in [6.07, 6.45) is 1.52. The molecule has 1 aromatic carbocycles. The highest BCUT2D eigenvalue weighted by Gasteiger charge is 2.46. The number of carbonyl (C=O) groups is 1. The zero-order chi connectivity index (χ0) is 11.9. The lowest BCUT2D eigenvalue weighted by atomic mass is 10.0. The second kappa shape index (κ2) is 3.40. The minimum absolute atomic E-state index is 0.246. The number of cyclic esters (lactones) is 1. The molecule has 1 N–H and O–H groups in total. The molecule has 0 fully saturated rings. The van der Waals surface area contributed by atoms with E-state index in [1.54, 1.807) is 36.4 Å². The van der Waals surface area contributed by atoms with Crippen LogP contribution in [-0.4, -0.2) is 16.1 Å². The first-order valence-corrected chi connectivity index (χ1v) is 5.18. The predicted octanol–water partition coefficient (Wildman–Crippen LogP) is 1.45. The van der Waals surface area contributed by atoms with Gasteiger partial charge in [0, 0.05) is 11.8 Å². The van der Waals surface area contributed by atoms with Crippen LogP contribution in [0.4, 0.5) is 0 Å². The van der Waals surface area contributed by atoms with Gasteiger partial charge >= 0.3 is 5.97 Å². The van der Waals surface area contributed by atoms with Crippen LogP contribution in [0.25, 0.3) is 0 Å². The highest BCUT2D eigenvalue weighted by molar-refractivity contribution is 5.94. The molecule has 84 valence electrons. The van der Waals surface area contributed by atoms with E-state index in [0.29, 0.717) is 11.1 Å². The summed E-state index contributed by atoms with van der Waals surface area (Å²) in [5, 5.41) is 10.5. The summed E-state index contributed by atoms with van der Waals surface area (Å²) in [7, 11) is 0. The number of ether oxygens (including phenoxy) is 1. The number of rotatable bonds is 1. The Morgan fingerprint density at radius 3 is 2.65 bits per heavy atom. The van der Waals surface area contributed by atoms with Crippen LogP contribution < -0.4 is 0 Å². The number of esters is 1. The van der Waals surface area contributed by atoms with Crippen LogP contribution in [0.5, 0.6) is 0 Å². The maximum absolute atomic E-state index is 11.6. The van der Waals surface area contributed by atoms with Crippen molar-refractivity contribution in [1.82, 2.24) is 4.98 Å². The molecule has 2 aromatic rings. The summed E-state index contributed by atoms with van der Waals surface area (Å²) in [5.74, 6) is -2.32. The van der Waals surface area contributed by atoms with E-state index in [1.807, 2.05) is 6.07 Å². The van der Waals surface area contributed by atoms with Crippen molar-refractivity contribution in [2.24, 2.45) is 0 Å². The second-order valence-electron chi connectivity index (χ2n) is 3.80. The van der Waals surface area contributed by atoms with Gasteiger partial charge in [-0.3, -0.25) is 4.98 Å². The van der Waals surface area contributed by atoms with Gasteiger partial charge in [-0.05, 0) is 12.1 Å². The van der Waals surface area contributed by atoms with Gasteiger partial charge in [-0.2, -0.15) is 0 Å². The van der Waals surface area contributed by atoms with E-state index in [4.69, 9.17) is 4.74 Å². The predicted molar refractivity (Wildman–Crippen MR) is 59.1 cm³/mol. The molecule has 0 radical (unpaired) electrons. The Bertz CT molecular complexity index is 582. The minimum Gasteiger partial charge on any atom is -0.419 e. The number of aromatic nitrogens is 1. The molecular formula is C13H9NO3. The number of nitrogens with zero attached hydrogens (tertiary/aromatic N) is 1. The molecule has 1 aromatic heterocycles. The van der Waals surface area contributed by atoms with Crippen molar-refractivity contribution in [2.75, 3.05) is 0 Å². The summed E-state index contributed by atoms with van der Waals surface area (Å²) in [4.78, 5) is 15.7. The van der Waals surface area contributed by atoms with Crippen LogP contribution in [0.3, 0.4) is 0 Å². The number of aliphatic hydroxyl groups is 1. The van der Waals surface area contributed by atoms with E-state index in [1.165, 1.54) is 6.20 Å². The molecule has 1 atom stereocenters. The number of carbonyl (C=O) groups excluding carboxylic acids is 1. The summed E-state index contributed by atoms with van der Waals surface area (Å²) < 4.78 is 5.06. The Balaban J connectivity index is 2.21. The average Bonchev–Trinajstić information content (AvgIpc) is 2.65. The SMILES string of the molecule is O=C1O[C@@](O)(c2ccccc2)c2ncccc21. The Kier molecular flexibility index (Phi) is 2.00. The molecule has 0 amide bonds. The van der Waals surface area contributed by atoms with Gasteiger partial charge in [-0.25, -0.2) is 4.79 Å². The smallest absolute Gasteiger partial charge is 0.343 e. The molecule has 2 heterocycles. The van der Waals surface area contributed by atoms with Crippen molar-refractivity contribution < 1.29 is 14.6 Å². The van der Waals surface area contributed by atoms with Gasteiger partial charge in [0.25, 0.3) is 5.79 Å². The Morgan fingerprint density at radius 1 is 1.12 bits per heavy atom. The minimum atomic E-state index is -1.77. The third-order valence-electron chi connectivity index (χ3n) is 2.75. The van der Waals surface area contributed by atoms with Gasteiger partial charge < -0.3 is 9.84 Å². The molecule has 3 rings (SSSR count). The molecule has 1 aliphatic heterocycles. The van der Waals surface area contributed by atoms with Gasteiger partial charge in [0.2, 0.25) is 0 Å². The maximum atomic E-state index is 11.6. The molecule has 1 aliphatic rings. The first-order chi connectivity index (χ1) is 8.22. The lowest BCUT2D eigenvalue weighted by molar-refractivity contribution is -0.131. The Hall–Kier alpha value is -2.20. The molecule has 0 saturated heterocycles. The quantitative estimate of drug-likeness (QED) is 0.749. The van der Waals surface area contributed by atoms with Crippen LogP contribution in [0.15, 0.2) is 48.7 Å². The zero-order valence-electron chi connectivity index (χ0n) is 8.83. The summed E-state index contributed by atoms with van der Waals surface area (Å²) in [5.41, 5.74) is 1.04. The number of benzene rings is 1. The molecule has 4 heteroatoms. The number of pyridine rings is 1. The Morgan fingerprint density at radius 2 is 1.88 bits per heavy atom. The summed E-state index contributed by atoms with van der Waals surface area (Å²) in [6.45, 7) is 0. The van der Waals surface area contributed by atoms with E-state index < -0.39 is 11.8 Å². The van der Waals surface area contributed by atoms with E-state index in [9.17, 15) is 9.90 Å². The van der Waals surface area contributed by atoms with Crippen LogP contribution >= 0.6 is 0 Å². The molecule has 0 aliphatic carbocycles. The number of hydrogen-bond donors (Lipinski definition) is 1. The fourth-order valence-corrected chi connectivity index (χ4v) is 1.94. The van der Waals surface area contributed by atoms with Crippen molar-refractivity contribution in [1.29, 1.82) is 0 Å². The number of hydrogen-bond acceptors (Lipinski definition) is 4. The molecule has 0 bridgehead atoms. The van der Waals surface area contributed by atoms with Crippen LogP contribution in [-0.2, 0) is 10.5 Å². The summed E-state index contributed by atoms with van der Waals surface area (Å²) >= 11 is 0. The van der Waals surface area contributed by atoms with Crippen molar-refractivity contribution >= 4 is 5.97 Å². The molecule has 4 nitrogen and oxygen atoms in total. The lowest BCUT2D eigenvalue weighted by Crippen LogP contribution is -2.27. The van der Waals surface area contributed by atoms with Crippen LogP contribution in [0, 0.1) is 0 Å². The van der Waals surface area contributed by atoms with E-state index in [-0.39, 0.29) is 5.69 Å². The first-order valence-electron chi connectivity index (χ1n) is 5.18. The fraction of sp³-hybridized carbons (Fsp3) is 0.0769. The van der Waals surface area contributed by atoms with E-state index >= 15 is 0 Å². The normalized spacial score (nSPS) is 22.1. The van der Waals surface area contributed by atoms with Crippen LogP contribution in [0.2, 0.25) is 0 Å². The molecule has 0 spiro atoms. The standard InChI is InChI=1S/C13H9NO3/c15-12-10-7-4-8-14-11(10)13(16,17-12)9-5-2-1-3-6-9/h1-8,16H/t13-/m0/s1. The van der Waals surface area contributed by atoms with E-state index in [2.05, 4.69) is 4.98 Å². The van der Waals surface area contributed by atoms with Crippen molar-refractivity contribution in [3.63, 3.8) is 0 Å². The van der Waals surface area contributed by atoms with Crippen LogP contribution in [0.1, 0.15) is 21.6 Å². The number of fused-ring (bicyclic) bond motifs is 1. The van der Waals surface area contributed by atoms with Crippen molar-refractivity contribution in [2.45, 2.75) is 5.79 Å². The molecule has 0 saturated carbocycles. The highest BCUT2D eigenvalue weighted by atomic mass is 16.7.